The van der Waals surface area contributed by atoms with E-state index in [1.807, 2.05) is 58.0 Å². The van der Waals surface area contributed by atoms with Crippen LogP contribution in [-0.2, 0) is 21.4 Å². The monoisotopic (exact) mass is 496 g/mol. The van der Waals surface area contributed by atoms with Crippen LogP contribution < -0.4 is 0 Å². The Morgan fingerprint density at radius 1 is 1.11 bits per heavy atom. The average molecular weight is 497 g/mol. The zero-order valence-corrected chi connectivity index (χ0v) is 21.5. The number of hydrogen-bond donors (Lipinski definition) is 0. The number of aryl methyl sites for hydroxylation is 1. The number of rotatable bonds is 6. The van der Waals surface area contributed by atoms with Crippen molar-refractivity contribution in [3.8, 4) is 11.4 Å². The Balaban J connectivity index is 1.52. The van der Waals surface area contributed by atoms with Crippen molar-refractivity contribution in [3.63, 3.8) is 0 Å². The van der Waals surface area contributed by atoms with Crippen LogP contribution in [0.25, 0.3) is 11.4 Å². The molecule has 9 heteroatoms. The molecule has 8 nitrogen and oxygen atoms in total. The number of benzene rings is 2. The lowest BCUT2D eigenvalue weighted by atomic mass is 9.95. The summed E-state index contributed by atoms with van der Waals surface area (Å²) in [5.74, 6) is 0.252. The summed E-state index contributed by atoms with van der Waals surface area (Å²) in [5, 5.41) is 4.07. The molecule has 2 heterocycles. The number of carbonyl (C=O) groups is 1. The fraction of sp³-hybridized carbons (Fsp3) is 0.423. The molecule has 35 heavy (non-hydrogen) atoms. The Hall–Kier alpha value is -3.04. The van der Waals surface area contributed by atoms with Crippen LogP contribution in [0.4, 0.5) is 0 Å². The average Bonchev–Trinajstić information content (AvgIpc) is 3.31. The van der Waals surface area contributed by atoms with Gasteiger partial charge in [0.2, 0.25) is 27.6 Å². The van der Waals surface area contributed by atoms with Gasteiger partial charge in [0.15, 0.2) is 0 Å². The highest BCUT2D eigenvalue weighted by molar-refractivity contribution is 7.89. The summed E-state index contributed by atoms with van der Waals surface area (Å²) < 4.78 is 33.4. The Labute approximate surface area is 207 Å². The summed E-state index contributed by atoms with van der Waals surface area (Å²) in [7, 11) is -3.67. The highest BCUT2D eigenvalue weighted by Gasteiger charge is 2.38. The molecule has 0 bridgehead atoms. The van der Waals surface area contributed by atoms with Crippen LogP contribution in [-0.4, -0.2) is 52.3 Å². The molecule has 0 spiro atoms. The molecule has 4 rings (SSSR count). The molecule has 0 N–H and O–H groups in total. The van der Waals surface area contributed by atoms with E-state index in [1.165, 1.54) is 4.31 Å². The minimum Gasteiger partial charge on any atom is -0.337 e. The van der Waals surface area contributed by atoms with Crippen molar-refractivity contribution in [2.75, 3.05) is 13.1 Å². The first kappa shape index (κ1) is 25.1. The largest absolute Gasteiger partial charge is 0.337 e. The van der Waals surface area contributed by atoms with E-state index >= 15 is 0 Å². The summed E-state index contributed by atoms with van der Waals surface area (Å²) in [5.41, 5.74) is 1.31. The number of aromatic nitrogens is 2. The quantitative estimate of drug-likeness (QED) is 0.506. The molecule has 1 aliphatic heterocycles. The van der Waals surface area contributed by atoms with E-state index in [0.29, 0.717) is 31.1 Å². The Kier molecular flexibility index (Phi) is 7.10. The number of nitrogens with zero attached hydrogens (tertiary/aromatic N) is 4. The van der Waals surface area contributed by atoms with Gasteiger partial charge >= 0.3 is 0 Å². The normalized spacial score (nSPS) is 17.3. The van der Waals surface area contributed by atoms with Crippen LogP contribution in [0.15, 0.2) is 64.0 Å². The summed E-state index contributed by atoms with van der Waals surface area (Å²) >= 11 is 0. The predicted molar refractivity (Wildman–Crippen MR) is 133 cm³/mol. The van der Waals surface area contributed by atoms with Gasteiger partial charge in [-0.05, 0) is 52.7 Å². The number of amides is 1. The number of hydrogen-bond acceptors (Lipinski definition) is 6. The lowest BCUT2D eigenvalue weighted by Crippen LogP contribution is -2.51. The smallest absolute Gasteiger partial charge is 0.246 e. The second-order valence-electron chi connectivity index (χ2n) is 9.99. The molecule has 0 unspecified atom stereocenters. The van der Waals surface area contributed by atoms with Crippen LogP contribution in [0, 0.1) is 12.8 Å². The predicted octanol–water partition coefficient (Wildman–Crippen LogP) is 4.27. The first-order valence-electron chi connectivity index (χ1n) is 11.8. The molecular weight excluding hydrogens is 464 g/mol. The van der Waals surface area contributed by atoms with Crippen molar-refractivity contribution in [2.45, 2.75) is 57.5 Å². The van der Waals surface area contributed by atoms with Gasteiger partial charge in [-0.15, -0.1) is 0 Å². The van der Waals surface area contributed by atoms with Crippen LogP contribution in [0.5, 0.6) is 0 Å². The lowest BCUT2D eigenvalue weighted by Gasteiger charge is -2.39. The van der Waals surface area contributed by atoms with Gasteiger partial charge in [0.05, 0.1) is 10.8 Å². The van der Waals surface area contributed by atoms with Gasteiger partial charge in [0.1, 0.15) is 6.54 Å². The molecule has 1 amide bonds. The molecule has 2 aromatic carbocycles. The summed E-state index contributed by atoms with van der Waals surface area (Å²) in [4.78, 5) is 20.1. The number of carbonyl (C=O) groups excluding carboxylic acids is 1. The lowest BCUT2D eigenvalue weighted by molar-refractivity contribution is -0.143. The highest BCUT2D eigenvalue weighted by Crippen LogP contribution is 2.28. The van der Waals surface area contributed by atoms with E-state index in [2.05, 4.69) is 10.1 Å². The fourth-order valence-electron chi connectivity index (χ4n) is 4.25. The van der Waals surface area contributed by atoms with E-state index in [0.717, 1.165) is 11.1 Å². The molecule has 1 atom stereocenters. The summed E-state index contributed by atoms with van der Waals surface area (Å²) in [6.45, 7) is 8.47. The van der Waals surface area contributed by atoms with Gasteiger partial charge < -0.3 is 9.42 Å². The van der Waals surface area contributed by atoms with E-state index in [4.69, 9.17) is 4.52 Å². The Morgan fingerprint density at radius 3 is 2.46 bits per heavy atom. The zero-order valence-electron chi connectivity index (χ0n) is 20.6. The maximum Gasteiger partial charge on any atom is 0.246 e. The van der Waals surface area contributed by atoms with E-state index in [-0.39, 0.29) is 23.9 Å². The number of piperidine rings is 1. The molecular formula is C26H32N4O4S. The van der Waals surface area contributed by atoms with Crippen molar-refractivity contribution in [2.24, 2.45) is 5.92 Å². The first-order valence-corrected chi connectivity index (χ1v) is 13.3. The third-order valence-corrected chi connectivity index (χ3v) is 8.14. The van der Waals surface area contributed by atoms with Gasteiger partial charge in [0.25, 0.3) is 0 Å². The van der Waals surface area contributed by atoms with Crippen molar-refractivity contribution < 1.29 is 17.7 Å². The van der Waals surface area contributed by atoms with E-state index in [1.54, 1.807) is 29.2 Å². The molecule has 3 aromatic rings. The van der Waals surface area contributed by atoms with Crippen molar-refractivity contribution in [3.05, 3.63) is 66.1 Å². The molecule has 1 saturated heterocycles. The molecule has 0 saturated carbocycles. The van der Waals surface area contributed by atoms with Crippen LogP contribution in [0.3, 0.4) is 0 Å². The molecule has 1 aromatic heterocycles. The van der Waals surface area contributed by atoms with Crippen LogP contribution in [0.1, 0.15) is 45.1 Å². The molecule has 1 fully saturated rings. The SMILES string of the molecule is Cc1ccc(S(=O)(=O)N2CCC[C@@H](C(=O)N(Cc3nc(-c4ccccc4)no3)C(C)(C)C)C2)cc1. The van der Waals surface area contributed by atoms with Crippen molar-refractivity contribution >= 4 is 15.9 Å². The van der Waals surface area contributed by atoms with Gasteiger partial charge in [-0.3, -0.25) is 4.79 Å². The van der Waals surface area contributed by atoms with Crippen LogP contribution >= 0.6 is 0 Å². The van der Waals surface area contributed by atoms with Gasteiger partial charge in [0, 0.05) is 24.2 Å². The molecule has 186 valence electrons. The third-order valence-electron chi connectivity index (χ3n) is 6.26. The second-order valence-corrected chi connectivity index (χ2v) is 11.9. The minimum atomic E-state index is -3.67. The summed E-state index contributed by atoms with van der Waals surface area (Å²) in [6.07, 6.45) is 1.25. The van der Waals surface area contributed by atoms with Gasteiger partial charge in [-0.1, -0.05) is 53.2 Å². The van der Waals surface area contributed by atoms with E-state index < -0.39 is 21.5 Å². The second kappa shape index (κ2) is 9.91. The first-order chi connectivity index (χ1) is 16.6. The van der Waals surface area contributed by atoms with E-state index in [9.17, 15) is 13.2 Å². The standard InChI is InChI=1S/C26H32N4O4S/c1-19-12-14-22(15-13-19)35(32,33)29-16-8-11-21(17-29)25(31)30(26(2,3)4)18-23-27-24(28-34-23)20-9-6-5-7-10-20/h5-7,9-10,12-15,21H,8,11,16-18H2,1-4H3/t21-/m1/s1. The maximum absolute atomic E-state index is 13.7. The topological polar surface area (TPSA) is 96.6 Å². The highest BCUT2D eigenvalue weighted by atomic mass is 32.2. The molecule has 0 radical (unpaired) electrons. The fourth-order valence-corrected chi connectivity index (χ4v) is 5.77. The van der Waals surface area contributed by atoms with Crippen LogP contribution in [0.2, 0.25) is 0 Å². The zero-order chi connectivity index (χ0) is 25.2. The van der Waals surface area contributed by atoms with Crippen molar-refractivity contribution in [1.82, 2.24) is 19.3 Å². The Bertz CT molecular complexity index is 1260. The van der Waals surface area contributed by atoms with Gasteiger partial charge in [-0.2, -0.15) is 9.29 Å². The minimum absolute atomic E-state index is 0.110. The number of sulfonamides is 1. The Morgan fingerprint density at radius 2 is 1.80 bits per heavy atom. The molecule has 1 aliphatic rings. The summed E-state index contributed by atoms with van der Waals surface area (Å²) in [6, 6.07) is 16.3. The third kappa shape index (κ3) is 5.62. The van der Waals surface area contributed by atoms with Gasteiger partial charge in [-0.25, -0.2) is 8.42 Å². The maximum atomic E-state index is 13.7. The molecule has 0 aliphatic carbocycles. The van der Waals surface area contributed by atoms with Crippen molar-refractivity contribution in [1.29, 1.82) is 0 Å².